The molecule has 4 aromatic rings. The fourth-order valence-corrected chi connectivity index (χ4v) is 5.59. The van der Waals surface area contributed by atoms with E-state index in [1.165, 1.54) is 53.7 Å². The molecular formula is C28H29N3O7S. The highest BCUT2D eigenvalue weighted by molar-refractivity contribution is 7.91. The van der Waals surface area contributed by atoms with Crippen LogP contribution in [0.3, 0.4) is 0 Å². The summed E-state index contributed by atoms with van der Waals surface area (Å²) in [5.74, 6) is -0.0777. The summed E-state index contributed by atoms with van der Waals surface area (Å²) in [7, 11) is -1.69. The Balaban J connectivity index is 1.93. The van der Waals surface area contributed by atoms with Gasteiger partial charge in [0.1, 0.15) is 23.0 Å². The molecule has 4 rings (SSSR count). The van der Waals surface area contributed by atoms with Crippen molar-refractivity contribution in [1.82, 2.24) is 14.1 Å². The van der Waals surface area contributed by atoms with Gasteiger partial charge in [-0.15, -0.1) is 0 Å². The number of unbranched alkanes of at least 4 members (excludes halogenated alkanes) is 1. The minimum absolute atomic E-state index is 0.162. The Labute approximate surface area is 225 Å². The average Bonchev–Trinajstić information content (AvgIpc) is 2.91. The van der Waals surface area contributed by atoms with Crippen molar-refractivity contribution in [3.05, 3.63) is 92.9 Å². The number of pyridine rings is 1. The summed E-state index contributed by atoms with van der Waals surface area (Å²) in [4.78, 5) is 28.4. The van der Waals surface area contributed by atoms with E-state index in [1.54, 1.807) is 37.4 Å². The lowest BCUT2D eigenvalue weighted by atomic mass is 10.2. The second kappa shape index (κ2) is 11.2. The van der Waals surface area contributed by atoms with E-state index in [-0.39, 0.29) is 33.5 Å². The molecule has 0 fully saturated rings. The van der Waals surface area contributed by atoms with Gasteiger partial charge in [0, 0.05) is 24.4 Å². The molecule has 39 heavy (non-hydrogen) atoms. The molecule has 2 heterocycles. The van der Waals surface area contributed by atoms with E-state index < -0.39 is 26.2 Å². The first kappa shape index (κ1) is 27.6. The predicted molar refractivity (Wildman–Crippen MR) is 145 cm³/mol. The first-order chi connectivity index (χ1) is 18.6. The number of aromatic hydroxyl groups is 1. The smallest absolute Gasteiger partial charge is 0.296 e. The zero-order chi connectivity index (χ0) is 28.3. The lowest BCUT2D eigenvalue weighted by molar-refractivity contribution is 0.374. The van der Waals surface area contributed by atoms with Crippen LogP contribution < -0.4 is 20.6 Å². The van der Waals surface area contributed by atoms with E-state index in [2.05, 4.69) is 4.98 Å². The quantitative estimate of drug-likeness (QED) is 0.334. The first-order valence-electron chi connectivity index (χ1n) is 12.2. The zero-order valence-electron chi connectivity index (χ0n) is 22.0. The lowest BCUT2D eigenvalue weighted by Crippen LogP contribution is -2.25. The van der Waals surface area contributed by atoms with Gasteiger partial charge in [0.05, 0.1) is 19.1 Å². The monoisotopic (exact) mass is 551 g/mol. The van der Waals surface area contributed by atoms with E-state index in [4.69, 9.17) is 9.47 Å². The van der Waals surface area contributed by atoms with E-state index in [0.717, 1.165) is 12.0 Å². The molecule has 0 saturated heterocycles. The fraction of sp³-hybridized carbons (Fsp3) is 0.250. The van der Waals surface area contributed by atoms with Crippen LogP contribution in [0, 0.1) is 6.92 Å². The van der Waals surface area contributed by atoms with Gasteiger partial charge in [0.15, 0.2) is 4.90 Å². The number of rotatable bonds is 9. The van der Waals surface area contributed by atoms with Crippen LogP contribution in [0.15, 0.2) is 80.2 Å². The number of hydrogen-bond acceptors (Lipinski definition) is 8. The molecule has 0 aliphatic heterocycles. The SMILES string of the molecule is CCCCc1nc(=O)c(S(=O)(=O)c2ccc(-n3ccc(C)cc3=O)cc2)c(O)n1-c1c(OC)cccc1OC. The Bertz CT molecular complexity index is 1720. The molecule has 0 bridgehead atoms. The Kier molecular flexibility index (Phi) is 7.91. The maximum Gasteiger partial charge on any atom is 0.296 e. The molecule has 204 valence electrons. The van der Waals surface area contributed by atoms with Crippen molar-refractivity contribution in [3.8, 4) is 28.8 Å². The highest BCUT2D eigenvalue weighted by Gasteiger charge is 2.31. The van der Waals surface area contributed by atoms with Gasteiger partial charge in [-0.2, -0.15) is 4.98 Å². The van der Waals surface area contributed by atoms with Crippen LogP contribution in [0.25, 0.3) is 11.4 Å². The number of nitrogens with zero attached hydrogens (tertiary/aromatic N) is 3. The first-order valence-corrected chi connectivity index (χ1v) is 13.7. The van der Waals surface area contributed by atoms with Crippen LogP contribution in [0.5, 0.6) is 17.4 Å². The normalized spacial score (nSPS) is 11.4. The summed E-state index contributed by atoms with van der Waals surface area (Å²) < 4.78 is 40.9. The summed E-state index contributed by atoms with van der Waals surface area (Å²) in [6.07, 6.45) is 3.29. The average molecular weight is 552 g/mol. The molecule has 11 heteroatoms. The van der Waals surface area contributed by atoms with Gasteiger partial charge < -0.3 is 14.6 Å². The Morgan fingerprint density at radius 1 is 0.974 bits per heavy atom. The molecule has 2 aromatic carbocycles. The van der Waals surface area contributed by atoms with Gasteiger partial charge in [0.2, 0.25) is 15.7 Å². The summed E-state index contributed by atoms with van der Waals surface area (Å²) in [6.45, 7) is 3.75. The van der Waals surface area contributed by atoms with Crippen molar-refractivity contribution in [3.63, 3.8) is 0 Å². The number of hydrogen-bond donors (Lipinski definition) is 1. The third-order valence-corrected chi connectivity index (χ3v) is 8.03. The van der Waals surface area contributed by atoms with E-state index in [1.807, 2.05) is 6.92 Å². The molecule has 0 aliphatic rings. The third kappa shape index (κ3) is 5.17. The topological polar surface area (TPSA) is 130 Å². The molecule has 10 nitrogen and oxygen atoms in total. The molecule has 0 spiro atoms. The van der Waals surface area contributed by atoms with Crippen molar-refractivity contribution in [2.75, 3.05) is 14.2 Å². The summed E-state index contributed by atoms with van der Waals surface area (Å²) in [5, 5.41) is 11.4. The van der Waals surface area contributed by atoms with E-state index in [9.17, 15) is 23.1 Å². The van der Waals surface area contributed by atoms with Crippen LogP contribution in [0.1, 0.15) is 31.2 Å². The predicted octanol–water partition coefficient (Wildman–Crippen LogP) is 3.59. The minimum Gasteiger partial charge on any atom is -0.494 e. The highest BCUT2D eigenvalue weighted by Crippen LogP contribution is 2.38. The largest absolute Gasteiger partial charge is 0.494 e. The van der Waals surface area contributed by atoms with Gasteiger partial charge in [-0.05, 0) is 61.4 Å². The lowest BCUT2D eigenvalue weighted by Gasteiger charge is -2.21. The molecular weight excluding hydrogens is 522 g/mol. The van der Waals surface area contributed by atoms with Gasteiger partial charge >= 0.3 is 0 Å². The number of benzene rings is 2. The van der Waals surface area contributed by atoms with Crippen molar-refractivity contribution in [2.45, 2.75) is 42.9 Å². The maximum absolute atomic E-state index is 13.7. The standard InChI is InChI=1S/C28H29N3O7S/c1-5-6-10-23-29-27(33)26(28(34)31(23)25-21(37-3)8-7-9-22(25)38-4)39(35,36)20-13-11-19(12-14-20)30-16-15-18(2)17-24(30)32/h7-9,11-17,34H,5-6,10H2,1-4H3. The summed E-state index contributed by atoms with van der Waals surface area (Å²) in [5.41, 5.74) is 0.0894. The molecule has 2 aromatic heterocycles. The number of ether oxygens (including phenoxy) is 2. The summed E-state index contributed by atoms with van der Waals surface area (Å²) >= 11 is 0. The number of para-hydroxylation sites is 1. The minimum atomic E-state index is -4.54. The van der Waals surface area contributed by atoms with Gasteiger partial charge in [-0.25, -0.2) is 8.42 Å². The maximum atomic E-state index is 13.7. The molecule has 0 amide bonds. The number of sulfone groups is 1. The van der Waals surface area contributed by atoms with Gasteiger partial charge in [-0.1, -0.05) is 19.4 Å². The fourth-order valence-electron chi connectivity index (χ4n) is 4.26. The Hall–Kier alpha value is -4.38. The van der Waals surface area contributed by atoms with Crippen molar-refractivity contribution in [1.29, 1.82) is 0 Å². The van der Waals surface area contributed by atoms with Crippen molar-refractivity contribution >= 4 is 9.84 Å². The molecule has 0 saturated carbocycles. The second-order valence-corrected chi connectivity index (χ2v) is 10.7. The van der Waals surface area contributed by atoms with Gasteiger partial charge in [0.25, 0.3) is 11.1 Å². The van der Waals surface area contributed by atoms with Crippen LogP contribution in [-0.2, 0) is 16.3 Å². The Morgan fingerprint density at radius 3 is 2.18 bits per heavy atom. The molecule has 1 N–H and O–H groups in total. The van der Waals surface area contributed by atoms with Crippen LogP contribution >= 0.6 is 0 Å². The molecule has 0 aliphatic carbocycles. The Morgan fingerprint density at radius 2 is 1.62 bits per heavy atom. The van der Waals surface area contributed by atoms with Gasteiger partial charge in [-0.3, -0.25) is 18.7 Å². The molecule has 0 atom stereocenters. The number of aryl methyl sites for hydroxylation is 2. The molecule has 0 radical (unpaired) electrons. The van der Waals surface area contributed by atoms with Crippen molar-refractivity contribution in [2.24, 2.45) is 0 Å². The third-order valence-electron chi connectivity index (χ3n) is 6.25. The van der Waals surface area contributed by atoms with Crippen LogP contribution in [0.2, 0.25) is 0 Å². The highest BCUT2D eigenvalue weighted by atomic mass is 32.2. The van der Waals surface area contributed by atoms with Crippen LogP contribution in [-0.4, -0.2) is 41.9 Å². The summed E-state index contributed by atoms with van der Waals surface area (Å²) in [6, 6.07) is 13.6. The molecule has 0 unspecified atom stereocenters. The van der Waals surface area contributed by atoms with Crippen molar-refractivity contribution < 1.29 is 23.0 Å². The van der Waals surface area contributed by atoms with E-state index in [0.29, 0.717) is 18.5 Å². The van der Waals surface area contributed by atoms with E-state index >= 15 is 0 Å². The second-order valence-electron chi connectivity index (χ2n) is 8.85. The number of methoxy groups -OCH3 is 2. The van der Waals surface area contributed by atoms with Crippen LogP contribution in [0.4, 0.5) is 0 Å². The number of aromatic nitrogens is 3. The zero-order valence-corrected chi connectivity index (χ0v) is 22.9.